The summed E-state index contributed by atoms with van der Waals surface area (Å²) in [6, 6.07) is 3.49. The van der Waals surface area contributed by atoms with Crippen LogP contribution >= 0.6 is 0 Å². The summed E-state index contributed by atoms with van der Waals surface area (Å²) in [5.41, 5.74) is 0.511. The lowest BCUT2D eigenvalue weighted by Gasteiger charge is -2.32. The first kappa shape index (κ1) is 21.6. The molecule has 2 fully saturated rings. The Labute approximate surface area is 166 Å². The molecule has 0 aromatic heterocycles. The van der Waals surface area contributed by atoms with Crippen molar-refractivity contribution in [3.05, 3.63) is 34.6 Å². The summed E-state index contributed by atoms with van der Waals surface area (Å²) < 4.78 is 54.4. The molecule has 3 rings (SSSR count). The van der Waals surface area contributed by atoms with Crippen LogP contribution in [0.5, 0.6) is 0 Å². The van der Waals surface area contributed by atoms with Crippen molar-refractivity contribution in [1.82, 2.24) is 0 Å². The fourth-order valence-electron chi connectivity index (χ4n) is 4.89. The van der Waals surface area contributed by atoms with Gasteiger partial charge < -0.3 is 9.47 Å². The van der Waals surface area contributed by atoms with E-state index in [9.17, 15) is 8.78 Å². The highest BCUT2D eigenvalue weighted by atomic mass is 19.3. The number of ether oxygens (including phenoxy) is 2. The Bertz CT molecular complexity index is 619. The third-order valence-corrected chi connectivity index (χ3v) is 6.40. The predicted molar refractivity (Wildman–Crippen MR) is 105 cm³/mol. The van der Waals surface area contributed by atoms with Gasteiger partial charge in [0.1, 0.15) is 5.82 Å². The Kier molecular flexibility index (Phi) is 7.81. The largest absolute Gasteiger partial charge is 0.379 e. The van der Waals surface area contributed by atoms with Gasteiger partial charge in [-0.1, -0.05) is 25.5 Å². The third kappa shape index (κ3) is 4.91. The molecule has 1 aliphatic carbocycles. The van der Waals surface area contributed by atoms with Crippen molar-refractivity contribution < 1.29 is 22.6 Å². The lowest BCUT2D eigenvalue weighted by Crippen LogP contribution is -2.26. The van der Waals surface area contributed by atoms with Gasteiger partial charge in [-0.05, 0) is 68.9 Å². The molecule has 0 radical (unpaired) electrons. The predicted octanol–water partition coefficient (Wildman–Crippen LogP) is 6.89. The third-order valence-electron chi connectivity index (χ3n) is 6.40. The van der Waals surface area contributed by atoms with Gasteiger partial charge in [0, 0.05) is 12.5 Å². The molecule has 1 saturated heterocycles. The second-order valence-corrected chi connectivity index (χ2v) is 8.22. The van der Waals surface area contributed by atoms with Gasteiger partial charge in [0.2, 0.25) is 0 Å². The van der Waals surface area contributed by atoms with Gasteiger partial charge in [0.05, 0.1) is 24.4 Å². The molecule has 2 atom stereocenters. The normalized spacial score (nSPS) is 28.6. The van der Waals surface area contributed by atoms with Crippen molar-refractivity contribution in [2.24, 2.45) is 0 Å². The Morgan fingerprint density at radius 3 is 2.25 bits per heavy atom. The van der Waals surface area contributed by atoms with Crippen LogP contribution in [0.25, 0.3) is 0 Å². The smallest absolute Gasteiger partial charge is 0.266 e. The summed E-state index contributed by atoms with van der Waals surface area (Å²) in [5.74, 6) is -0.851. The lowest BCUT2D eigenvalue weighted by atomic mass is 9.79. The van der Waals surface area contributed by atoms with E-state index >= 15 is 4.39 Å². The van der Waals surface area contributed by atoms with E-state index in [-0.39, 0.29) is 29.6 Å². The first-order valence-corrected chi connectivity index (χ1v) is 10.9. The van der Waals surface area contributed by atoms with Gasteiger partial charge in [-0.25, -0.2) is 13.2 Å². The number of benzene rings is 1. The van der Waals surface area contributed by atoms with Crippen LogP contribution in [-0.2, 0) is 9.47 Å². The van der Waals surface area contributed by atoms with Gasteiger partial charge in [-0.2, -0.15) is 0 Å². The van der Waals surface area contributed by atoms with Crippen LogP contribution in [-0.4, -0.2) is 25.4 Å². The zero-order valence-electron chi connectivity index (χ0n) is 17.1. The molecule has 2 nitrogen and oxygen atoms in total. The highest BCUT2D eigenvalue weighted by Gasteiger charge is 2.32. The van der Waals surface area contributed by atoms with Crippen LogP contribution in [0.15, 0.2) is 12.1 Å². The van der Waals surface area contributed by atoms with Crippen LogP contribution in [0.4, 0.5) is 13.2 Å². The first-order chi connectivity index (χ1) is 13.5. The SMILES string of the molecule is CCCC1CCC(c2ccc(C3CCC(OCC)CC3)c(C(F)F)c2F)CO1. The van der Waals surface area contributed by atoms with Crippen LogP contribution < -0.4 is 0 Å². The molecule has 1 aliphatic heterocycles. The van der Waals surface area contributed by atoms with Gasteiger partial charge in [-0.15, -0.1) is 0 Å². The van der Waals surface area contributed by atoms with E-state index in [1.165, 1.54) is 0 Å². The van der Waals surface area contributed by atoms with Crippen molar-refractivity contribution >= 4 is 0 Å². The zero-order valence-corrected chi connectivity index (χ0v) is 17.1. The molecule has 2 aliphatic rings. The molecule has 0 N–H and O–H groups in total. The quantitative estimate of drug-likeness (QED) is 0.498. The average Bonchev–Trinajstić information content (AvgIpc) is 2.69. The number of rotatable bonds is 7. The maximum Gasteiger partial charge on any atom is 0.266 e. The molecule has 0 amide bonds. The maximum atomic E-state index is 15.2. The second kappa shape index (κ2) is 10.1. The minimum Gasteiger partial charge on any atom is -0.379 e. The minimum absolute atomic E-state index is 0.0132. The van der Waals surface area contributed by atoms with Crippen LogP contribution in [0.1, 0.15) is 100 Å². The standard InChI is InChI=1S/C23H33F3O2/c1-3-5-17-11-8-16(14-28-17)20-13-12-19(21(22(20)24)23(25)26)15-6-9-18(10-7-15)27-4-2/h12-13,15-18,23H,3-11,14H2,1-2H3. The Hall–Kier alpha value is -1.07. The minimum atomic E-state index is -2.79. The molecule has 1 heterocycles. The number of hydrogen-bond acceptors (Lipinski definition) is 2. The first-order valence-electron chi connectivity index (χ1n) is 10.9. The molecule has 1 aromatic carbocycles. The highest BCUT2D eigenvalue weighted by Crippen LogP contribution is 2.42. The van der Waals surface area contributed by atoms with E-state index in [1.54, 1.807) is 12.1 Å². The number of alkyl halides is 2. The van der Waals surface area contributed by atoms with Gasteiger partial charge >= 0.3 is 0 Å². The molecular formula is C23H33F3O2. The summed E-state index contributed by atoms with van der Waals surface area (Å²) in [6.07, 6.45) is 4.59. The summed E-state index contributed by atoms with van der Waals surface area (Å²) in [4.78, 5) is 0. The van der Waals surface area contributed by atoms with E-state index in [0.717, 1.165) is 51.4 Å². The number of halogens is 3. The van der Waals surface area contributed by atoms with E-state index in [1.807, 2.05) is 6.92 Å². The van der Waals surface area contributed by atoms with Gasteiger partial charge in [0.15, 0.2) is 0 Å². The summed E-state index contributed by atoms with van der Waals surface area (Å²) in [6.45, 7) is 5.17. The average molecular weight is 399 g/mol. The molecule has 5 heteroatoms. The molecule has 2 unspecified atom stereocenters. The Morgan fingerprint density at radius 2 is 1.68 bits per heavy atom. The Morgan fingerprint density at radius 1 is 1.00 bits per heavy atom. The van der Waals surface area contributed by atoms with Crippen LogP contribution in [0.2, 0.25) is 0 Å². The molecular weight excluding hydrogens is 365 g/mol. The molecule has 0 spiro atoms. The van der Waals surface area contributed by atoms with E-state index < -0.39 is 12.2 Å². The maximum absolute atomic E-state index is 15.2. The highest BCUT2D eigenvalue weighted by molar-refractivity contribution is 5.39. The van der Waals surface area contributed by atoms with E-state index in [2.05, 4.69) is 6.92 Å². The number of hydrogen-bond donors (Lipinski definition) is 0. The van der Waals surface area contributed by atoms with Crippen LogP contribution in [0.3, 0.4) is 0 Å². The topological polar surface area (TPSA) is 18.5 Å². The lowest BCUT2D eigenvalue weighted by molar-refractivity contribution is -0.00188. The van der Waals surface area contributed by atoms with Crippen molar-refractivity contribution in [2.45, 2.75) is 95.7 Å². The summed E-state index contributed by atoms with van der Waals surface area (Å²) >= 11 is 0. The van der Waals surface area contributed by atoms with E-state index in [0.29, 0.717) is 24.3 Å². The molecule has 158 valence electrons. The van der Waals surface area contributed by atoms with Gasteiger partial charge in [0.25, 0.3) is 6.43 Å². The van der Waals surface area contributed by atoms with Crippen molar-refractivity contribution in [2.75, 3.05) is 13.2 Å². The van der Waals surface area contributed by atoms with Gasteiger partial charge in [-0.3, -0.25) is 0 Å². The molecule has 28 heavy (non-hydrogen) atoms. The van der Waals surface area contributed by atoms with Crippen molar-refractivity contribution in [3.63, 3.8) is 0 Å². The van der Waals surface area contributed by atoms with Crippen molar-refractivity contribution in [3.8, 4) is 0 Å². The zero-order chi connectivity index (χ0) is 20.1. The fraction of sp³-hybridized carbons (Fsp3) is 0.739. The molecule has 1 aromatic rings. The second-order valence-electron chi connectivity index (χ2n) is 8.22. The summed E-state index contributed by atoms with van der Waals surface area (Å²) in [7, 11) is 0. The van der Waals surface area contributed by atoms with E-state index in [4.69, 9.17) is 9.47 Å². The monoisotopic (exact) mass is 398 g/mol. The molecule has 0 bridgehead atoms. The van der Waals surface area contributed by atoms with Crippen LogP contribution in [0, 0.1) is 5.82 Å². The fourth-order valence-corrected chi connectivity index (χ4v) is 4.89. The molecule has 1 saturated carbocycles. The summed E-state index contributed by atoms with van der Waals surface area (Å²) in [5, 5.41) is 0. The Balaban J connectivity index is 1.76. The van der Waals surface area contributed by atoms with Crippen molar-refractivity contribution in [1.29, 1.82) is 0 Å².